The zero-order valence-electron chi connectivity index (χ0n) is 31.6. The molecule has 12 heteroatoms. The van der Waals surface area contributed by atoms with Crippen LogP contribution in [0.2, 0.25) is 21.6 Å². The molecule has 3 aromatic carbocycles. The number of ketones is 1. The molecule has 280 valence electrons. The molecule has 1 atom stereocenters. The minimum absolute atomic E-state index is 0.189. The summed E-state index contributed by atoms with van der Waals surface area (Å²) in [7, 11) is -5.93. The lowest BCUT2D eigenvalue weighted by molar-refractivity contribution is -0.137. The lowest BCUT2D eigenvalue weighted by Gasteiger charge is -2.43. The minimum atomic E-state index is -4.52. The summed E-state index contributed by atoms with van der Waals surface area (Å²) >= 11 is 7.06. The SMILES string of the molecule is COC(=O)CS(=O)(=O)N1c2cccc(O[Si](C(C)C)(C(C)C)C(C)C)c2NC2=C(C(=O)CC(C)(C)C2)C1c1ccc(OCc2ccccc2)cc1Cl. The molecule has 1 aliphatic heterocycles. The van der Waals surface area contributed by atoms with Crippen molar-refractivity contribution in [2.24, 2.45) is 5.41 Å². The number of ether oxygens (including phenoxy) is 2. The van der Waals surface area contributed by atoms with Crippen LogP contribution in [-0.2, 0) is 31.0 Å². The van der Waals surface area contributed by atoms with Crippen molar-refractivity contribution in [3.05, 3.63) is 94.1 Å². The highest BCUT2D eigenvalue weighted by molar-refractivity contribution is 7.93. The highest BCUT2D eigenvalue weighted by Gasteiger charge is 2.50. The maximum atomic E-state index is 14.7. The molecular formula is C40H51ClN2O7SSi. The molecule has 0 bridgehead atoms. The lowest BCUT2D eigenvalue weighted by Crippen LogP contribution is -2.50. The molecule has 0 saturated heterocycles. The maximum Gasteiger partial charge on any atom is 0.322 e. The molecular weight excluding hydrogens is 716 g/mol. The van der Waals surface area contributed by atoms with Gasteiger partial charge in [0.25, 0.3) is 8.32 Å². The van der Waals surface area contributed by atoms with Crippen LogP contribution in [0.5, 0.6) is 11.5 Å². The van der Waals surface area contributed by atoms with Crippen molar-refractivity contribution in [2.45, 2.75) is 97.5 Å². The Morgan fingerprint density at radius 1 is 0.962 bits per heavy atom. The van der Waals surface area contributed by atoms with E-state index in [2.05, 4.69) is 46.9 Å². The highest BCUT2D eigenvalue weighted by atomic mass is 35.5. The number of benzene rings is 3. The molecule has 52 heavy (non-hydrogen) atoms. The first kappa shape index (κ1) is 39.4. The topological polar surface area (TPSA) is 111 Å². The van der Waals surface area contributed by atoms with Crippen LogP contribution in [0, 0.1) is 5.41 Å². The van der Waals surface area contributed by atoms with Gasteiger partial charge in [-0.15, -0.1) is 0 Å². The summed E-state index contributed by atoms with van der Waals surface area (Å²) in [4.78, 5) is 27.1. The third-order valence-corrected chi connectivity index (χ3v) is 18.2. The molecule has 0 amide bonds. The zero-order chi connectivity index (χ0) is 38.2. The second-order valence-electron chi connectivity index (χ2n) is 15.5. The van der Waals surface area contributed by atoms with Gasteiger partial charge in [-0.2, -0.15) is 0 Å². The van der Waals surface area contributed by atoms with E-state index in [1.807, 2.05) is 50.2 Å². The van der Waals surface area contributed by atoms with Gasteiger partial charge in [-0.25, -0.2) is 8.42 Å². The van der Waals surface area contributed by atoms with Crippen molar-refractivity contribution < 1.29 is 31.9 Å². The molecule has 1 aliphatic carbocycles. The Labute approximate surface area is 314 Å². The van der Waals surface area contributed by atoms with Crippen LogP contribution in [0.4, 0.5) is 11.4 Å². The van der Waals surface area contributed by atoms with Crippen molar-refractivity contribution in [2.75, 3.05) is 22.5 Å². The molecule has 0 aromatic heterocycles. The van der Waals surface area contributed by atoms with Gasteiger partial charge in [0, 0.05) is 22.7 Å². The van der Waals surface area contributed by atoms with Gasteiger partial charge in [-0.05, 0) is 63.9 Å². The molecule has 2 aliphatic rings. The molecule has 0 radical (unpaired) electrons. The number of anilines is 2. The van der Waals surface area contributed by atoms with Crippen molar-refractivity contribution in [1.82, 2.24) is 0 Å². The number of fused-ring (bicyclic) bond motifs is 1. The Hall–Kier alpha value is -3.80. The average Bonchev–Trinajstić information content (AvgIpc) is 3.20. The third-order valence-electron chi connectivity index (χ3n) is 10.3. The number of nitrogens with zero attached hydrogens (tertiary/aromatic N) is 1. The number of rotatable bonds is 12. The number of hydrogen-bond donors (Lipinski definition) is 1. The number of nitrogens with one attached hydrogen (secondary N) is 1. The maximum absolute atomic E-state index is 14.7. The Balaban J connectivity index is 1.77. The summed E-state index contributed by atoms with van der Waals surface area (Å²) in [6.45, 7) is 17.4. The molecule has 1 heterocycles. The van der Waals surface area contributed by atoms with E-state index in [1.165, 1.54) is 4.31 Å². The monoisotopic (exact) mass is 766 g/mol. The largest absolute Gasteiger partial charge is 0.541 e. The quantitative estimate of drug-likeness (QED) is 0.143. The molecule has 3 aromatic rings. The van der Waals surface area contributed by atoms with E-state index in [9.17, 15) is 18.0 Å². The number of esters is 1. The molecule has 1 unspecified atom stereocenters. The number of allylic oxidation sites excluding steroid dienone is 1. The molecule has 9 nitrogen and oxygen atoms in total. The van der Waals surface area contributed by atoms with Gasteiger partial charge in [-0.3, -0.25) is 13.9 Å². The normalized spacial score (nSPS) is 17.4. The van der Waals surface area contributed by atoms with E-state index in [4.69, 9.17) is 25.5 Å². The first-order chi connectivity index (χ1) is 24.4. The summed E-state index contributed by atoms with van der Waals surface area (Å²) in [6, 6.07) is 18.8. The standard InChI is InChI=1S/C40H51ClN2O7SSi/c1-25(2)52(26(3)4,27(5)6)50-35-17-13-16-33-38(35)42-32-21-40(7,8)22-34(44)37(32)39(43(33)51(46,47)24-36(45)48-9)30-19-18-29(20-31(30)41)49-23-28-14-11-10-12-15-28/h10-20,25-27,39,42H,21-24H2,1-9H3. The number of carbonyl (C=O) groups is 2. The van der Waals surface area contributed by atoms with Crippen molar-refractivity contribution in [1.29, 1.82) is 0 Å². The van der Waals surface area contributed by atoms with Gasteiger partial charge in [0.05, 0.1) is 12.8 Å². The average molecular weight is 767 g/mol. The Kier molecular flexibility index (Phi) is 11.6. The number of halogens is 1. The van der Waals surface area contributed by atoms with Gasteiger partial charge in [-0.1, -0.05) is 109 Å². The predicted molar refractivity (Wildman–Crippen MR) is 210 cm³/mol. The van der Waals surface area contributed by atoms with E-state index < -0.39 is 41.5 Å². The Morgan fingerprint density at radius 2 is 1.62 bits per heavy atom. The smallest absolute Gasteiger partial charge is 0.322 e. The van der Waals surface area contributed by atoms with Gasteiger partial charge >= 0.3 is 5.97 Å². The van der Waals surface area contributed by atoms with Gasteiger partial charge in [0.15, 0.2) is 11.5 Å². The van der Waals surface area contributed by atoms with Crippen molar-refractivity contribution >= 4 is 53.1 Å². The van der Waals surface area contributed by atoms with E-state index in [0.717, 1.165) is 12.7 Å². The van der Waals surface area contributed by atoms with E-state index in [0.29, 0.717) is 41.5 Å². The second kappa shape index (κ2) is 15.3. The number of Topliss-reactive ketones (excluding diaryl/α,β-unsaturated/α-hetero) is 1. The van der Waals surface area contributed by atoms with E-state index in [-0.39, 0.29) is 45.1 Å². The third kappa shape index (κ3) is 7.77. The molecule has 5 rings (SSSR count). The van der Waals surface area contributed by atoms with Crippen LogP contribution in [0.1, 0.15) is 85.4 Å². The van der Waals surface area contributed by atoms with E-state index >= 15 is 0 Å². The summed E-state index contributed by atoms with van der Waals surface area (Å²) in [5.41, 5.74) is 3.14. The lowest BCUT2D eigenvalue weighted by atomic mass is 9.73. The fraction of sp³-hybridized carbons (Fsp3) is 0.450. The number of carbonyl (C=O) groups excluding carboxylic acids is 2. The predicted octanol–water partition coefficient (Wildman–Crippen LogP) is 9.59. The highest BCUT2D eigenvalue weighted by Crippen LogP contribution is 2.54. The van der Waals surface area contributed by atoms with Crippen molar-refractivity contribution in [3.63, 3.8) is 0 Å². The zero-order valence-corrected chi connectivity index (χ0v) is 34.2. The second-order valence-corrected chi connectivity index (χ2v) is 23.1. The van der Waals surface area contributed by atoms with Gasteiger partial charge < -0.3 is 19.2 Å². The van der Waals surface area contributed by atoms with E-state index in [1.54, 1.807) is 30.3 Å². The van der Waals surface area contributed by atoms with Crippen molar-refractivity contribution in [3.8, 4) is 11.5 Å². The number of hydrogen-bond acceptors (Lipinski definition) is 8. The van der Waals surface area contributed by atoms with Crippen LogP contribution in [0.15, 0.2) is 78.0 Å². The molecule has 0 fully saturated rings. The summed E-state index contributed by atoms with van der Waals surface area (Å²) < 4.78 is 48.7. The fourth-order valence-electron chi connectivity index (χ4n) is 8.06. The first-order valence-electron chi connectivity index (χ1n) is 17.8. The molecule has 0 saturated carbocycles. The van der Waals surface area contributed by atoms with Crippen LogP contribution < -0.4 is 18.8 Å². The molecule has 1 N–H and O–H groups in total. The summed E-state index contributed by atoms with van der Waals surface area (Å²) in [5, 5.41) is 3.77. The van der Waals surface area contributed by atoms with Gasteiger partial charge in [0.1, 0.15) is 29.8 Å². The summed E-state index contributed by atoms with van der Waals surface area (Å²) in [6.07, 6.45) is 0.648. The first-order valence-corrected chi connectivity index (χ1v) is 21.9. The fourth-order valence-corrected chi connectivity index (χ4v) is 15.1. The van der Waals surface area contributed by atoms with Gasteiger partial charge in [0.2, 0.25) is 10.0 Å². The minimum Gasteiger partial charge on any atom is -0.541 e. The van der Waals surface area contributed by atoms with Crippen LogP contribution >= 0.6 is 11.6 Å². The van der Waals surface area contributed by atoms with Crippen LogP contribution in [-0.4, -0.2) is 41.4 Å². The Morgan fingerprint density at radius 3 is 2.21 bits per heavy atom. The Bertz CT molecular complexity index is 1940. The summed E-state index contributed by atoms with van der Waals surface area (Å²) in [5.74, 6) is -1.12. The van der Waals surface area contributed by atoms with Crippen LogP contribution in [0.25, 0.3) is 0 Å². The number of sulfonamides is 1. The number of methoxy groups -OCH3 is 1. The van der Waals surface area contributed by atoms with Crippen LogP contribution in [0.3, 0.4) is 0 Å². The number of para-hydroxylation sites is 1. The molecule has 0 spiro atoms.